The van der Waals surface area contributed by atoms with Crippen molar-refractivity contribution in [1.29, 1.82) is 0 Å². The number of ether oxygens (including phenoxy) is 1. The molecule has 0 aromatic heterocycles. The van der Waals surface area contributed by atoms with Crippen LogP contribution < -0.4 is 5.32 Å². The van der Waals surface area contributed by atoms with Gasteiger partial charge in [0.15, 0.2) is 0 Å². The first-order chi connectivity index (χ1) is 8.41. The Morgan fingerprint density at radius 3 is 2.67 bits per heavy atom. The van der Waals surface area contributed by atoms with Crippen LogP contribution in [-0.4, -0.2) is 54.4 Å². The van der Waals surface area contributed by atoms with Crippen molar-refractivity contribution >= 4 is 12.0 Å². The van der Waals surface area contributed by atoms with Crippen LogP contribution in [0, 0.1) is 11.8 Å². The number of morpholine rings is 1. The van der Waals surface area contributed by atoms with Crippen molar-refractivity contribution in [3.63, 3.8) is 0 Å². The van der Waals surface area contributed by atoms with Gasteiger partial charge < -0.3 is 20.1 Å². The Morgan fingerprint density at radius 1 is 1.50 bits per heavy atom. The molecule has 2 amide bonds. The molecule has 0 aromatic rings. The highest BCUT2D eigenvalue weighted by atomic mass is 16.5. The SMILES string of the molecule is CC1CN(C(=O)NCC(C(=O)O)C(C)C)CCO1. The van der Waals surface area contributed by atoms with Crippen molar-refractivity contribution in [2.45, 2.75) is 26.9 Å². The van der Waals surface area contributed by atoms with Crippen LogP contribution in [0.15, 0.2) is 0 Å². The van der Waals surface area contributed by atoms with Gasteiger partial charge >= 0.3 is 12.0 Å². The average Bonchev–Trinajstić information content (AvgIpc) is 2.28. The molecule has 1 rings (SSSR count). The van der Waals surface area contributed by atoms with Crippen LogP contribution in [0.1, 0.15) is 20.8 Å². The Balaban J connectivity index is 2.42. The summed E-state index contributed by atoms with van der Waals surface area (Å²) >= 11 is 0. The first-order valence-electron chi connectivity index (χ1n) is 6.29. The highest BCUT2D eigenvalue weighted by Crippen LogP contribution is 2.10. The van der Waals surface area contributed by atoms with Crippen LogP contribution in [0.2, 0.25) is 0 Å². The maximum atomic E-state index is 11.9. The molecule has 0 spiro atoms. The third-order valence-electron chi connectivity index (χ3n) is 3.12. The average molecular weight is 258 g/mol. The molecule has 1 saturated heterocycles. The quantitative estimate of drug-likeness (QED) is 0.780. The molecule has 6 nitrogen and oxygen atoms in total. The van der Waals surface area contributed by atoms with Gasteiger partial charge in [-0.2, -0.15) is 0 Å². The number of amides is 2. The molecule has 1 aliphatic rings. The van der Waals surface area contributed by atoms with Crippen LogP contribution in [0.4, 0.5) is 4.79 Å². The van der Waals surface area contributed by atoms with E-state index in [2.05, 4.69) is 5.32 Å². The Kier molecular flexibility index (Phi) is 5.40. The topological polar surface area (TPSA) is 78.9 Å². The standard InChI is InChI=1S/C12H22N2O4/c1-8(2)10(11(15)16)6-13-12(17)14-4-5-18-9(3)7-14/h8-10H,4-7H2,1-3H3,(H,13,17)(H,15,16). The van der Waals surface area contributed by atoms with Crippen LogP contribution in [0.5, 0.6) is 0 Å². The van der Waals surface area contributed by atoms with Crippen LogP contribution in [-0.2, 0) is 9.53 Å². The summed E-state index contributed by atoms with van der Waals surface area (Å²) in [6.07, 6.45) is 0.0323. The minimum Gasteiger partial charge on any atom is -0.481 e. The summed E-state index contributed by atoms with van der Waals surface area (Å²) in [5.41, 5.74) is 0. The minimum atomic E-state index is -0.874. The summed E-state index contributed by atoms with van der Waals surface area (Å²) < 4.78 is 5.34. The van der Waals surface area contributed by atoms with Crippen LogP contribution in [0.3, 0.4) is 0 Å². The Hall–Kier alpha value is -1.30. The molecule has 1 aliphatic heterocycles. The van der Waals surface area contributed by atoms with Gasteiger partial charge in [-0.05, 0) is 12.8 Å². The first kappa shape index (κ1) is 14.8. The smallest absolute Gasteiger partial charge is 0.317 e. The fraction of sp³-hybridized carbons (Fsp3) is 0.833. The highest BCUT2D eigenvalue weighted by molar-refractivity contribution is 5.76. The van der Waals surface area contributed by atoms with Crippen molar-refractivity contribution in [2.24, 2.45) is 11.8 Å². The molecule has 6 heteroatoms. The normalized spacial score (nSPS) is 21.8. The van der Waals surface area contributed by atoms with Crippen LogP contribution in [0.25, 0.3) is 0 Å². The van der Waals surface area contributed by atoms with Crippen molar-refractivity contribution in [2.75, 3.05) is 26.2 Å². The second-order valence-electron chi connectivity index (χ2n) is 5.00. The molecule has 104 valence electrons. The lowest BCUT2D eigenvalue weighted by molar-refractivity contribution is -0.142. The fourth-order valence-corrected chi connectivity index (χ4v) is 1.92. The summed E-state index contributed by atoms with van der Waals surface area (Å²) in [7, 11) is 0. The van der Waals surface area contributed by atoms with Gasteiger partial charge in [-0.15, -0.1) is 0 Å². The van der Waals surface area contributed by atoms with Gasteiger partial charge in [0.1, 0.15) is 0 Å². The lowest BCUT2D eigenvalue weighted by Gasteiger charge is -2.31. The number of carbonyl (C=O) groups is 2. The van der Waals surface area contributed by atoms with Crippen LogP contribution >= 0.6 is 0 Å². The van der Waals surface area contributed by atoms with Crippen molar-refractivity contribution in [3.8, 4) is 0 Å². The molecule has 0 radical (unpaired) electrons. The largest absolute Gasteiger partial charge is 0.481 e. The van der Waals surface area contributed by atoms with Gasteiger partial charge in [-0.1, -0.05) is 13.8 Å². The zero-order chi connectivity index (χ0) is 13.7. The molecule has 0 bridgehead atoms. The molecular weight excluding hydrogens is 236 g/mol. The molecule has 0 aromatic carbocycles. The van der Waals surface area contributed by atoms with Gasteiger partial charge in [0, 0.05) is 19.6 Å². The zero-order valence-corrected chi connectivity index (χ0v) is 11.2. The van der Waals surface area contributed by atoms with Gasteiger partial charge in [0.05, 0.1) is 18.6 Å². The van der Waals surface area contributed by atoms with E-state index in [0.717, 1.165) is 0 Å². The van der Waals surface area contributed by atoms with Gasteiger partial charge in [-0.25, -0.2) is 4.79 Å². The molecule has 2 unspecified atom stereocenters. The molecule has 0 saturated carbocycles. The van der Waals surface area contributed by atoms with E-state index in [0.29, 0.717) is 19.7 Å². The maximum absolute atomic E-state index is 11.9. The van der Waals surface area contributed by atoms with E-state index >= 15 is 0 Å². The third-order valence-corrected chi connectivity index (χ3v) is 3.12. The molecule has 1 heterocycles. The number of hydrogen-bond donors (Lipinski definition) is 2. The molecule has 0 aliphatic carbocycles. The number of nitrogens with zero attached hydrogens (tertiary/aromatic N) is 1. The number of carboxylic acids is 1. The van der Waals surface area contributed by atoms with E-state index in [4.69, 9.17) is 9.84 Å². The maximum Gasteiger partial charge on any atom is 0.317 e. The molecule has 2 N–H and O–H groups in total. The lowest BCUT2D eigenvalue weighted by atomic mass is 9.96. The third kappa shape index (κ3) is 4.18. The van der Waals surface area contributed by atoms with Gasteiger partial charge in [-0.3, -0.25) is 4.79 Å². The second kappa shape index (κ2) is 6.58. The van der Waals surface area contributed by atoms with Crippen molar-refractivity contribution in [3.05, 3.63) is 0 Å². The number of rotatable bonds is 4. The van der Waals surface area contributed by atoms with Gasteiger partial charge in [0.25, 0.3) is 0 Å². The monoisotopic (exact) mass is 258 g/mol. The fourth-order valence-electron chi connectivity index (χ4n) is 1.92. The summed E-state index contributed by atoms with van der Waals surface area (Å²) in [4.78, 5) is 24.5. The van der Waals surface area contributed by atoms with E-state index in [1.54, 1.807) is 4.90 Å². The predicted octanol–water partition coefficient (Wildman–Crippen LogP) is 0.773. The Bertz CT molecular complexity index is 306. The molecule has 2 atom stereocenters. The van der Waals surface area contributed by atoms with E-state index in [9.17, 15) is 9.59 Å². The van der Waals surface area contributed by atoms with E-state index in [1.165, 1.54) is 0 Å². The number of aliphatic carboxylic acids is 1. The first-order valence-corrected chi connectivity index (χ1v) is 6.29. The lowest BCUT2D eigenvalue weighted by Crippen LogP contribution is -2.50. The van der Waals surface area contributed by atoms with Crippen molar-refractivity contribution < 1.29 is 19.4 Å². The predicted molar refractivity (Wildman–Crippen MR) is 66.3 cm³/mol. The number of carboxylic acid groups (broad SMARTS) is 1. The Labute approximate surface area is 107 Å². The number of hydrogen-bond acceptors (Lipinski definition) is 3. The summed E-state index contributed by atoms with van der Waals surface area (Å²) in [5.74, 6) is -1.43. The van der Waals surface area contributed by atoms with Gasteiger partial charge in [0.2, 0.25) is 0 Å². The Morgan fingerprint density at radius 2 is 2.17 bits per heavy atom. The summed E-state index contributed by atoms with van der Waals surface area (Å²) in [5, 5.41) is 11.7. The second-order valence-corrected chi connectivity index (χ2v) is 5.00. The molecule has 18 heavy (non-hydrogen) atoms. The van der Waals surface area contributed by atoms with Crippen molar-refractivity contribution in [1.82, 2.24) is 10.2 Å². The summed E-state index contributed by atoms with van der Waals surface area (Å²) in [6, 6.07) is -0.211. The number of urea groups is 1. The zero-order valence-electron chi connectivity index (χ0n) is 11.2. The highest BCUT2D eigenvalue weighted by Gasteiger charge is 2.25. The number of nitrogens with one attached hydrogen (secondary N) is 1. The van der Waals surface area contributed by atoms with E-state index < -0.39 is 11.9 Å². The van der Waals surface area contributed by atoms with E-state index in [-0.39, 0.29) is 24.6 Å². The van der Waals surface area contributed by atoms with E-state index in [1.807, 2.05) is 20.8 Å². The molecular formula is C12H22N2O4. The molecule has 1 fully saturated rings. The summed E-state index contributed by atoms with van der Waals surface area (Å²) in [6.45, 7) is 7.37. The minimum absolute atomic E-state index is 0.00795. The number of carbonyl (C=O) groups excluding carboxylic acids is 1.